The molecule has 1 amide bonds. The van der Waals surface area contributed by atoms with Crippen LogP contribution in [0.2, 0.25) is 5.02 Å². The van der Waals surface area contributed by atoms with E-state index in [0.29, 0.717) is 17.3 Å². The van der Waals surface area contributed by atoms with Crippen molar-refractivity contribution in [3.63, 3.8) is 0 Å². The van der Waals surface area contributed by atoms with Crippen LogP contribution in [-0.2, 0) is 13.0 Å². The third-order valence-electron chi connectivity index (χ3n) is 4.53. The second kappa shape index (κ2) is 9.90. The Labute approximate surface area is 171 Å². The Kier molecular flexibility index (Phi) is 7.04. The van der Waals surface area contributed by atoms with Crippen LogP contribution in [0.5, 0.6) is 0 Å². The highest BCUT2D eigenvalue weighted by Crippen LogP contribution is 2.16. The zero-order valence-electron chi connectivity index (χ0n) is 15.9. The maximum absolute atomic E-state index is 12.3. The summed E-state index contributed by atoms with van der Waals surface area (Å²) < 4.78 is 0. The smallest absolute Gasteiger partial charge is 0.269 e. The van der Waals surface area contributed by atoms with E-state index in [-0.39, 0.29) is 5.91 Å². The van der Waals surface area contributed by atoms with Crippen LogP contribution in [0.1, 0.15) is 28.5 Å². The standard InChI is InChI=1S/C23H24ClN3O/c1-2-27(17-19-7-4-3-5-8-19)21-11-12-22(26-16-21)23(28)25-14-13-18-9-6-10-20(24)15-18/h3-12,15-16H,2,13-14,17H2,1H3,(H,25,28). The van der Waals surface area contributed by atoms with E-state index in [2.05, 4.69) is 34.3 Å². The fourth-order valence-electron chi connectivity index (χ4n) is 3.00. The second-order valence-electron chi connectivity index (χ2n) is 6.54. The normalized spacial score (nSPS) is 10.5. The number of halogens is 1. The topological polar surface area (TPSA) is 45.2 Å². The molecule has 28 heavy (non-hydrogen) atoms. The highest BCUT2D eigenvalue weighted by molar-refractivity contribution is 6.30. The van der Waals surface area contributed by atoms with Gasteiger partial charge in [0.1, 0.15) is 5.69 Å². The van der Waals surface area contributed by atoms with Crippen LogP contribution >= 0.6 is 11.6 Å². The van der Waals surface area contributed by atoms with Crippen molar-refractivity contribution in [3.05, 3.63) is 94.8 Å². The summed E-state index contributed by atoms with van der Waals surface area (Å²) in [7, 11) is 0. The highest BCUT2D eigenvalue weighted by atomic mass is 35.5. The minimum atomic E-state index is -0.167. The lowest BCUT2D eigenvalue weighted by atomic mass is 10.1. The van der Waals surface area contributed by atoms with E-state index in [1.165, 1.54) is 5.56 Å². The van der Waals surface area contributed by atoms with Gasteiger partial charge in [0.15, 0.2) is 0 Å². The first-order valence-electron chi connectivity index (χ1n) is 9.43. The molecule has 0 saturated heterocycles. The SMILES string of the molecule is CCN(Cc1ccccc1)c1ccc(C(=O)NCCc2cccc(Cl)c2)nc1. The number of hydrogen-bond acceptors (Lipinski definition) is 3. The van der Waals surface area contributed by atoms with Gasteiger partial charge in [-0.05, 0) is 48.7 Å². The van der Waals surface area contributed by atoms with Gasteiger partial charge in [-0.2, -0.15) is 0 Å². The molecule has 0 spiro atoms. The van der Waals surface area contributed by atoms with Crippen molar-refractivity contribution in [2.45, 2.75) is 19.9 Å². The molecule has 0 fully saturated rings. The first-order valence-corrected chi connectivity index (χ1v) is 9.81. The van der Waals surface area contributed by atoms with Crippen molar-refractivity contribution in [3.8, 4) is 0 Å². The lowest BCUT2D eigenvalue weighted by Crippen LogP contribution is -2.27. The maximum Gasteiger partial charge on any atom is 0.269 e. The Morgan fingerprint density at radius 2 is 1.82 bits per heavy atom. The van der Waals surface area contributed by atoms with E-state index >= 15 is 0 Å². The number of nitrogens with one attached hydrogen (secondary N) is 1. The number of pyridine rings is 1. The summed E-state index contributed by atoms with van der Waals surface area (Å²) >= 11 is 5.98. The minimum Gasteiger partial charge on any atom is -0.366 e. The van der Waals surface area contributed by atoms with E-state index in [1.807, 2.05) is 48.5 Å². The molecule has 4 nitrogen and oxygen atoms in total. The molecular weight excluding hydrogens is 370 g/mol. The summed E-state index contributed by atoms with van der Waals surface area (Å²) in [6, 6.07) is 21.7. The number of anilines is 1. The van der Waals surface area contributed by atoms with Gasteiger partial charge in [-0.25, -0.2) is 4.98 Å². The minimum absolute atomic E-state index is 0.167. The molecule has 0 aliphatic rings. The van der Waals surface area contributed by atoms with Gasteiger partial charge in [-0.3, -0.25) is 4.79 Å². The molecule has 0 bridgehead atoms. The van der Waals surface area contributed by atoms with Gasteiger partial charge in [0.25, 0.3) is 5.91 Å². The van der Waals surface area contributed by atoms with Crippen LogP contribution < -0.4 is 10.2 Å². The number of benzene rings is 2. The molecule has 1 heterocycles. The summed E-state index contributed by atoms with van der Waals surface area (Å²) in [6.45, 7) is 4.32. The van der Waals surface area contributed by atoms with E-state index < -0.39 is 0 Å². The Morgan fingerprint density at radius 3 is 2.50 bits per heavy atom. The molecule has 1 N–H and O–H groups in total. The summed E-state index contributed by atoms with van der Waals surface area (Å²) in [5, 5.41) is 3.62. The zero-order chi connectivity index (χ0) is 19.8. The number of hydrogen-bond donors (Lipinski definition) is 1. The highest BCUT2D eigenvalue weighted by Gasteiger charge is 2.10. The number of nitrogens with zero attached hydrogens (tertiary/aromatic N) is 2. The largest absolute Gasteiger partial charge is 0.366 e. The summed E-state index contributed by atoms with van der Waals surface area (Å²) in [4.78, 5) is 18.9. The number of carbonyl (C=O) groups is 1. The fourth-order valence-corrected chi connectivity index (χ4v) is 3.21. The molecule has 5 heteroatoms. The fraction of sp³-hybridized carbons (Fsp3) is 0.217. The van der Waals surface area contributed by atoms with Crippen molar-refractivity contribution in [2.24, 2.45) is 0 Å². The van der Waals surface area contributed by atoms with Crippen LogP contribution in [0.25, 0.3) is 0 Å². The van der Waals surface area contributed by atoms with Crippen molar-refractivity contribution in [1.29, 1.82) is 0 Å². The number of carbonyl (C=O) groups excluding carboxylic acids is 1. The Balaban J connectivity index is 1.55. The van der Waals surface area contributed by atoms with Crippen molar-refractivity contribution >= 4 is 23.2 Å². The van der Waals surface area contributed by atoms with Crippen LogP contribution in [0.4, 0.5) is 5.69 Å². The number of aromatic nitrogens is 1. The number of rotatable bonds is 8. The quantitative estimate of drug-likeness (QED) is 0.601. The molecule has 2 aromatic carbocycles. The molecule has 0 aliphatic heterocycles. The van der Waals surface area contributed by atoms with Gasteiger partial charge in [0.2, 0.25) is 0 Å². The first kappa shape index (κ1) is 19.9. The van der Waals surface area contributed by atoms with E-state index in [1.54, 1.807) is 12.3 Å². The molecule has 0 saturated carbocycles. The zero-order valence-corrected chi connectivity index (χ0v) is 16.7. The number of amides is 1. The molecule has 144 valence electrons. The van der Waals surface area contributed by atoms with Crippen LogP contribution in [0.15, 0.2) is 72.9 Å². The average Bonchev–Trinajstić information content (AvgIpc) is 2.73. The van der Waals surface area contributed by atoms with Crippen LogP contribution in [0, 0.1) is 0 Å². The summed E-state index contributed by atoms with van der Waals surface area (Å²) in [5.41, 5.74) is 3.76. The van der Waals surface area contributed by atoms with E-state index in [0.717, 1.165) is 30.8 Å². The van der Waals surface area contributed by atoms with Crippen molar-refractivity contribution in [1.82, 2.24) is 10.3 Å². The van der Waals surface area contributed by atoms with Gasteiger partial charge < -0.3 is 10.2 Å². The molecular formula is C23H24ClN3O. The van der Waals surface area contributed by atoms with Gasteiger partial charge in [0.05, 0.1) is 11.9 Å². The summed E-state index contributed by atoms with van der Waals surface area (Å²) in [5.74, 6) is -0.167. The third-order valence-corrected chi connectivity index (χ3v) is 4.77. The second-order valence-corrected chi connectivity index (χ2v) is 6.97. The van der Waals surface area contributed by atoms with Gasteiger partial charge in [-0.15, -0.1) is 0 Å². The molecule has 0 unspecified atom stereocenters. The van der Waals surface area contributed by atoms with E-state index in [9.17, 15) is 4.79 Å². The average molecular weight is 394 g/mol. The summed E-state index contributed by atoms with van der Waals surface area (Å²) in [6.07, 6.45) is 2.49. The van der Waals surface area contributed by atoms with E-state index in [4.69, 9.17) is 11.6 Å². The third kappa shape index (κ3) is 5.57. The molecule has 0 aliphatic carbocycles. The van der Waals surface area contributed by atoms with Crippen LogP contribution in [-0.4, -0.2) is 24.0 Å². The predicted molar refractivity (Wildman–Crippen MR) is 115 cm³/mol. The monoisotopic (exact) mass is 393 g/mol. The Hall–Kier alpha value is -2.85. The maximum atomic E-state index is 12.3. The molecule has 3 aromatic rings. The molecule has 0 radical (unpaired) electrons. The molecule has 1 aromatic heterocycles. The van der Waals surface area contributed by atoms with Gasteiger partial charge >= 0.3 is 0 Å². The van der Waals surface area contributed by atoms with Crippen molar-refractivity contribution in [2.75, 3.05) is 18.0 Å². The van der Waals surface area contributed by atoms with Crippen LogP contribution in [0.3, 0.4) is 0 Å². The van der Waals surface area contributed by atoms with Gasteiger partial charge in [0, 0.05) is 24.7 Å². The lowest BCUT2D eigenvalue weighted by molar-refractivity contribution is 0.0949. The molecule has 3 rings (SSSR count). The van der Waals surface area contributed by atoms with Gasteiger partial charge in [-0.1, -0.05) is 54.1 Å². The Bertz CT molecular complexity index is 897. The van der Waals surface area contributed by atoms with Crippen molar-refractivity contribution < 1.29 is 4.79 Å². The Morgan fingerprint density at radius 1 is 1.04 bits per heavy atom. The first-order chi connectivity index (χ1) is 13.7. The molecule has 0 atom stereocenters. The lowest BCUT2D eigenvalue weighted by Gasteiger charge is -2.23. The predicted octanol–water partition coefficient (Wildman–Crippen LogP) is 4.73.